The summed E-state index contributed by atoms with van der Waals surface area (Å²) in [5.74, 6) is 1.22. The summed E-state index contributed by atoms with van der Waals surface area (Å²) in [6.07, 6.45) is 3.28. The molecule has 6 heteroatoms. The molecule has 4 nitrogen and oxygen atoms in total. The van der Waals surface area contributed by atoms with Crippen LogP contribution in [0.15, 0.2) is 47.2 Å². The van der Waals surface area contributed by atoms with Crippen LogP contribution in [0, 0.1) is 0 Å². The number of alkyl halides is 1. The number of hydrogen-bond donors (Lipinski definition) is 0. The van der Waals surface area contributed by atoms with Crippen molar-refractivity contribution in [3.05, 3.63) is 53.5 Å². The first-order chi connectivity index (χ1) is 9.97. The monoisotopic (exact) mass is 321 g/mol. The molecule has 0 fully saturated rings. The van der Waals surface area contributed by atoms with Crippen LogP contribution in [0.5, 0.6) is 0 Å². The molecule has 0 saturated heterocycles. The highest BCUT2D eigenvalue weighted by molar-refractivity contribution is 6.32. The minimum absolute atomic E-state index is 0.507. The molecule has 0 bridgehead atoms. The van der Waals surface area contributed by atoms with Crippen molar-refractivity contribution in [2.75, 3.05) is 0 Å². The second kappa shape index (κ2) is 5.20. The summed E-state index contributed by atoms with van der Waals surface area (Å²) in [6, 6.07) is 9.10. The van der Waals surface area contributed by atoms with Gasteiger partial charge in [0.15, 0.2) is 11.6 Å². The van der Waals surface area contributed by atoms with Crippen LogP contribution in [0.25, 0.3) is 17.3 Å². The Kier molecular flexibility index (Phi) is 3.51. The number of rotatable bonds is 3. The molecular formula is C15H13Cl2N3O. The van der Waals surface area contributed by atoms with Gasteiger partial charge in [-0.1, -0.05) is 11.6 Å². The molecule has 0 aliphatic carbocycles. The van der Waals surface area contributed by atoms with E-state index in [0.717, 1.165) is 11.4 Å². The third-order valence-electron chi connectivity index (χ3n) is 3.03. The quantitative estimate of drug-likeness (QED) is 0.659. The first-order valence-electron chi connectivity index (χ1n) is 6.41. The maximum absolute atomic E-state index is 6.37. The Labute approximate surface area is 132 Å². The van der Waals surface area contributed by atoms with E-state index >= 15 is 0 Å². The number of hydrogen-bond acceptors (Lipinski definition) is 3. The fourth-order valence-corrected chi connectivity index (χ4v) is 2.26. The minimum Gasteiger partial charge on any atom is -0.463 e. The van der Waals surface area contributed by atoms with E-state index in [1.54, 1.807) is 29.3 Å². The highest BCUT2D eigenvalue weighted by Gasteiger charge is 2.25. The predicted octanol–water partition coefficient (Wildman–Crippen LogP) is 4.65. The number of furan rings is 1. The largest absolute Gasteiger partial charge is 0.463 e. The van der Waals surface area contributed by atoms with E-state index in [9.17, 15) is 0 Å². The van der Waals surface area contributed by atoms with Crippen molar-refractivity contribution < 1.29 is 4.42 Å². The second-order valence-electron chi connectivity index (χ2n) is 5.09. The van der Waals surface area contributed by atoms with Crippen LogP contribution >= 0.6 is 23.2 Å². The SMILES string of the molecule is CC(C)(Cl)c1cc(-c2ccco2)n(-c2ncccc2Cl)n1. The molecule has 3 aromatic heterocycles. The van der Waals surface area contributed by atoms with E-state index in [4.69, 9.17) is 27.6 Å². The Morgan fingerprint density at radius 2 is 2.05 bits per heavy atom. The zero-order valence-electron chi connectivity index (χ0n) is 11.5. The van der Waals surface area contributed by atoms with Crippen LogP contribution in [-0.4, -0.2) is 14.8 Å². The summed E-state index contributed by atoms with van der Waals surface area (Å²) >= 11 is 12.6. The molecule has 0 aliphatic rings. The van der Waals surface area contributed by atoms with Crippen LogP contribution < -0.4 is 0 Å². The van der Waals surface area contributed by atoms with E-state index in [1.807, 2.05) is 32.0 Å². The molecule has 3 aromatic rings. The van der Waals surface area contributed by atoms with Crippen molar-refractivity contribution in [2.45, 2.75) is 18.7 Å². The first-order valence-corrected chi connectivity index (χ1v) is 7.16. The third-order valence-corrected chi connectivity index (χ3v) is 3.52. The molecule has 0 atom stereocenters. The molecule has 0 amide bonds. The van der Waals surface area contributed by atoms with E-state index in [2.05, 4.69) is 10.1 Å². The fourth-order valence-electron chi connectivity index (χ4n) is 1.97. The summed E-state index contributed by atoms with van der Waals surface area (Å²) < 4.78 is 7.13. The van der Waals surface area contributed by atoms with Crippen molar-refractivity contribution in [3.8, 4) is 17.3 Å². The lowest BCUT2D eigenvalue weighted by molar-refractivity contribution is 0.576. The fraction of sp³-hybridized carbons (Fsp3) is 0.200. The normalized spacial score (nSPS) is 11.8. The summed E-state index contributed by atoms with van der Waals surface area (Å²) in [5, 5.41) is 5.05. The van der Waals surface area contributed by atoms with Crippen LogP contribution in [0.2, 0.25) is 5.02 Å². The molecule has 0 aliphatic heterocycles. The van der Waals surface area contributed by atoms with Crippen LogP contribution in [-0.2, 0) is 4.87 Å². The average molecular weight is 322 g/mol. The zero-order valence-corrected chi connectivity index (χ0v) is 13.1. The van der Waals surface area contributed by atoms with Crippen molar-refractivity contribution in [2.24, 2.45) is 0 Å². The lowest BCUT2D eigenvalue weighted by Gasteiger charge is -2.11. The number of nitrogens with zero attached hydrogens (tertiary/aromatic N) is 3. The van der Waals surface area contributed by atoms with E-state index < -0.39 is 4.87 Å². The molecule has 3 heterocycles. The van der Waals surface area contributed by atoms with Gasteiger partial charge in [-0.2, -0.15) is 5.10 Å². The van der Waals surface area contributed by atoms with Gasteiger partial charge >= 0.3 is 0 Å². The van der Waals surface area contributed by atoms with Crippen molar-refractivity contribution in [1.82, 2.24) is 14.8 Å². The van der Waals surface area contributed by atoms with Gasteiger partial charge in [-0.15, -0.1) is 11.6 Å². The van der Waals surface area contributed by atoms with Gasteiger partial charge in [0.25, 0.3) is 0 Å². The molecule has 3 rings (SSSR count). The maximum atomic E-state index is 6.37. The van der Waals surface area contributed by atoms with Gasteiger partial charge in [-0.25, -0.2) is 9.67 Å². The van der Waals surface area contributed by atoms with E-state index in [1.165, 1.54) is 0 Å². The Morgan fingerprint density at radius 3 is 2.67 bits per heavy atom. The van der Waals surface area contributed by atoms with Gasteiger partial charge in [-0.3, -0.25) is 0 Å². The Morgan fingerprint density at radius 1 is 1.24 bits per heavy atom. The lowest BCUT2D eigenvalue weighted by Crippen LogP contribution is -2.10. The van der Waals surface area contributed by atoms with Crippen molar-refractivity contribution >= 4 is 23.2 Å². The maximum Gasteiger partial charge on any atom is 0.172 e. The van der Waals surface area contributed by atoms with Gasteiger partial charge in [0.1, 0.15) is 5.69 Å². The summed E-state index contributed by atoms with van der Waals surface area (Å²) in [4.78, 5) is 3.69. The molecule has 0 unspecified atom stereocenters. The molecule has 0 aromatic carbocycles. The number of halogens is 2. The highest BCUT2D eigenvalue weighted by atomic mass is 35.5. The van der Waals surface area contributed by atoms with Gasteiger partial charge in [-0.05, 0) is 44.2 Å². The molecular weight excluding hydrogens is 309 g/mol. The van der Waals surface area contributed by atoms with Gasteiger partial charge in [0, 0.05) is 6.20 Å². The minimum atomic E-state index is -0.603. The van der Waals surface area contributed by atoms with Crippen molar-refractivity contribution in [3.63, 3.8) is 0 Å². The standard InChI is InChI=1S/C15H13Cl2N3O/c1-15(2,17)13-9-11(12-6-4-8-21-12)20(19-13)14-10(16)5-3-7-18-14/h3-9H,1-2H3. The third kappa shape index (κ3) is 2.69. The Balaban J connectivity index is 2.24. The Hall–Kier alpha value is -1.78. The average Bonchev–Trinajstić information content (AvgIpc) is 3.07. The predicted molar refractivity (Wildman–Crippen MR) is 83.0 cm³/mol. The van der Waals surface area contributed by atoms with Gasteiger partial charge in [0.05, 0.1) is 21.9 Å². The topological polar surface area (TPSA) is 43.9 Å². The molecule has 108 valence electrons. The molecule has 0 N–H and O–H groups in total. The van der Waals surface area contributed by atoms with Crippen LogP contribution in [0.1, 0.15) is 19.5 Å². The lowest BCUT2D eigenvalue weighted by atomic mass is 10.1. The smallest absolute Gasteiger partial charge is 0.172 e. The van der Waals surface area contributed by atoms with Crippen LogP contribution in [0.4, 0.5) is 0 Å². The summed E-state index contributed by atoms with van der Waals surface area (Å²) in [6.45, 7) is 3.76. The molecule has 0 spiro atoms. The highest BCUT2D eigenvalue weighted by Crippen LogP contribution is 2.33. The molecule has 0 radical (unpaired) electrons. The number of aromatic nitrogens is 3. The van der Waals surface area contributed by atoms with Crippen molar-refractivity contribution in [1.29, 1.82) is 0 Å². The Bertz CT molecular complexity index is 758. The molecule has 0 saturated carbocycles. The molecule has 21 heavy (non-hydrogen) atoms. The summed E-state index contributed by atoms with van der Waals surface area (Å²) in [5.41, 5.74) is 1.47. The van der Waals surface area contributed by atoms with Gasteiger partial charge < -0.3 is 4.42 Å². The summed E-state index contributed by atoms with van der Waals surface area (Å²) in [7, 11) is 0. The second-order valence-corrected chi connectivity index (χ2v) is 6.44. The van der Waals surface area contributed by atoms with E-state index in [0.29, 0.717) is 16.6 Å². The van der Waals surface area contributed by atoms with Crippen LogP contribution in [0.3, 0.4) is 0 Å². The zero-order chi connectivity index (χ0) is 15.0. The van der Waals surface area contributed by atoms with Gasteiger partial charge in [0.2, 0.25) is 0 Å². The first kappa shape index (κ1) is 14.2. The number of pyridine rings is 1. The van der Waals surface area contributed by atoms with E-state index in [-0.39, 0.29) is 0 Å².